The van der Waals surface area contributed by atoms with Gasteiger partial charge in [0.15, 0.2) is 11.6 Å². The van der Waals surface area contributed by atoms with Gasteiger partial charge in [-0.25, -0.2) is 4.39 Å². The van der Waals surface area contributed by atoms with Crippen molar-refractivity contribution < 1.29 is 13.9 Å². The van der Waals surface area contributed by atoms with Gasteiger partial charge < -0.3 is 15.0 Å². The van der Waals surface area contributed by atoms with Crippen LogP contribution in [0.4, 0.5) is 4.39 Å². The Labute approximate surface area is 149 Å². The van der Waals surface area contributed by atoms with E-state index in [2.05, 4.69) is 10.2 Å². The molecule has 1 amide bonds. The number of piperidine rings is 1. The maximum Gasteiger partial charge on any atom is 0.251 e. The van der Waals surface area contributed by atoms with Crippen molar-refractivity contribution in [3.63, 3.8) is 0 Å². The van der Waals surface area contributed by atoms with Crippen molar-refractivity contribution in [2.24, 2.45) is 5.92 Å². The molecular formula is C20H29FN2O2. The first-order chi connectivity index (χ1) is 12.2. The minimum Gasteiger partial charge on any atom is -0.494 e. The molecule has 1 aromatic rings. The quantitative estimate of drug-likeness (QED) is 0.884. The van der Waals surface area contributed by atoms with E-state index in [4.69, 9.17) is 4.74 Å². The van der Waals surface area contributed by atoms with Crippen LogP contribution in [-0.2, 0) is 0 Å². The third kappa shape index (κ3) is 4.72. The number of likely N-dealkylation sites (tertiary alicyclic amines) is 1. The summed E-state index contributed by atoms with van der Waals surface area (Å²) in [7, 11) is 1.42. The van der Waals surface area contributed by atoms with Crippen LogP contribution in [0.5, 0.6) is 5.75 Å². The number of halogens is 1. The zero-order valence-electron chi connectivity index (χ0n) is 15.1. The number of hydrogen-bond acceptors (Lipinski definition) is 3. The summed E-state index contributed by atoms with van der Waals surface area (Å²) < 4.78 is 18.8. The van der Waals surface area contributed by atoms with E-state index in [1.165, 1.54) is 64.4 Å². The van der Waals surface area contributed by atoms with Crippen LogP contribution in [0.25, 0.3) is 0 Å². The molecule has 5 heteroatoms. The highest BCUT2D eigenvalue weighted by atomic mass is 19.1. The Morgan fingerprint density at radius 3 is 2.68 bits per heavy atom. The smallest absolute Gasteiger partial charge is 0.251 e. The van der Waals surface area contributed by atoms with Crippen molar-refractivity contribution in [1.29, 1.82) is 0 Å². The van der Waals surface area contributed by atoms with E-state index in [-0.39, 0.29) is 17.7 Å². The van der Waals surface area contributed by atoms with Gasteiger partial charge in [-0.1, -0.05) is 19.3 Å². The Morgan fingerprint density at radius 2 is 1.96 bits per heavy atom. The van der Waals surface area contributed by atoms with Gasteiger partial charge in [0.25, 0.3) is 5.91 Å². The van der Waals surface area contributed by atoms with Gasteiger partial charge in [0.2, 0.25) is 0 Å². The van der Waals surface area contributed by atoms with Crippen molar-refractivity contribution in [2.45, 2.75) is 51.0 Å². The van der Waals surface area contributed by atoms with E-state index >= 15 is 0 Å². The highest BCUT2D eigenvalue weighted by Crippen LogP contribution is 2.27. The molecule has 25 heavy (non-hydrogen) atoms. The molecule has 1 aliphatic heterocycles. The molecule has 2 atom stereocenters. The second-order valence-electron chi connectivity index (χ2n) is 7.34. The predicted octanol–water partition coefficient (Wildman–Crippen LogP) is 3.61. The number of nitrogens with zero attached hydrogens (tertiary/aromatic N) is 1. The Kier molecular flexibility index (Phi) is 6.29. The number of carbonyl (C=O) groups is 1. The Balaban J connectivity index is 1.62. The minimum atomic E-state index is -0.497. The number of carbonyl (C=O) groups excluding carboxylic acids is 1. The van der Waals surface area contributed by atoms with Gasteiger partial charge in [0.1, 0.15) is 0 Å². The van der Waals surface area contributed by atoms with Gasteiger partial charge in [0.05, 0.1) is 7.11 Å². The van der Waals surface area contributed by atoms with Crippen molar-refractivity contribution in [1.82, 2.24) is 10.2 Å². The normalized spacial score (nSPS) is 24.7. The Hall–Kier alpha value is -1.62. The molecule has 138 valence electrons. The second kappa shape index (κ2) is 8.65. The summed E-state index contributed by atoms with van der Waals surface area (Å²) in [5, 5.41) is 3.17. The molecule has 0 bridgehead atoms. The highest BCUT2D eigenvalue weighted by molar-refractivity contribution is 5.94. The topological polar surface area (TPSA) is 41.6 Å². The van der Waals surface area contributed by atoms with E-state index in [0.717, 1.165) is 19.4 Å². The largest absolute Gasteiger partial charge is 0.494 e. The number of rotatable bonds is 5. The maximum atomic E-state index is 13.9. The number of methoxy groups -OCH3 is 1. The lowest BCUT2D eigenvalue weighted by Gasteiger charge is -2.37. The van der Waals surface area contributed by atoms with Crippen LogP contribution in [-0.4, -0.2) is 43.6 Å². The van der Waals surface area contributed by atoms with Gasteiger partial charge in [0, 0.05) is 18.2 Å². The number of ether oxygens (including phenoxy) is 1. The maximum absolute atomic E-state index is 13.9. The second-order valence-corrected chi connectivity index (χ2v) is 7.34. The summed E-state index contributed by atoms with van der Waals surface area (Å²) in [5.74, 6) is -0.0168. The van der Waals surface area contributed by atoms with Crippen molar-refractivity contribution in [3.8, 4) is 5.75 Å². The van der Waals surface area contributed by atoms with E-state index in [0.29, 0.717) is 11.5 Å². The predicted molar refractivity (Wildman–Crippen MR) is 96.5 cm³/mol. The van der Waals surface area contributed by atoms with E-state index < -0.39 is 5.82 Å². The number of amides is 1. The summed E-state index contributed by atoms with van der Waals surface area (Å²) in [6, 6.07) is 4.58. The molecule has 4 nitrogen and oxygen atoms in total. The monoisotopic (exact) mass is 348 g/mol. The molecule has 1 N–H and O–H groups in total. The van der Waals surface area contributed by atoms with E-state index in [9.17, 15) is 9.18 Å². The van der Waals surface area contributed by atoms with Crippen LogP contribution in [0, 0.1) is 11.7 Å². The first-order valence-corrected chi connectivity index (χ1v) is 9.54. The summed E-state index contributed by atoms with van der Waals surface area (Å²) in [5.41, 5.74) is 0.362. The number of hydrogen-bond donors (Lipinski definition) is 1. The van der Waals surface area contributed by atoms with E-state index in [1.807, 2.05) is 0 Å². The molecule has 0 spiro atoms. The fourth-order valence-corrected chi connectivity index (χ4v) is 4.15. The third-order valence-electron chi connectivity index (χ3n) is 5.58. The summed E-state index contributed by atoms with van der Waals surface area (Å²) in [4.78, 5) is 15.1. The highest BCUT2D eigenvalue weighted by Gasteiger charge is 2.29. The molecule has 1 aliphatic carbocycles. The van der Waals surface area contributed by atoms with Gasteiger partial charge in [-0.15, -0.1) is 0 Å². The molecular weight excluding hydrogens is 319 g/mol. The van der Waals surface area contributed by atoms with Gasteiger partial charge >= 0.3 is 0 Å². The number of benzene rings is 1. The molecule has 0 radical (unpaired) electrons. The fourth-order valence-electron chi connectivity index (χ4n) is 4.15. The van der Waals surface area contributed by atoms with Crippen LogP contribution in [0.3, 0.4) is 0 Å². The lowest BCUT2D eigenvalue weighted by Crippen LogP contribution is -2.47. The zero-order chi connectivity index (χ0) is 17.6. The lowest BCUT2D eigenvalue weighted by molar-refractivity contribution is 0.0877. The molecule has 1 saturated heterocycles. The van der Waals surface area contributed by atoms with Gasteiger partial charge in [-0.2, -0.15) is 0 Å². The lowest BCUT2D eigenvalue weighted by atomic mass is 9.83. The summed E-state index contributed by atoms with van der Waals surface area (Å²) in [6.07, 6.45) is 8.48. The third-order valence-corrected chi connectivity index (χ3v) is 5.58. The van der Waals surface area contributed by atoms with Crippen molar-refractivity contribution in [3.05, 3.63) is 29.6 Å². The SMILES string of the molecule is COc1ccc(C(=O)N[C@@H]2CCCC[C@H]2CN2CCCCC2)cc1F. The number of nitrogens with one attached hydrogen (secondary N) is 1. The average molecular weight is 348 g/mol. The van der Waals surface area contributed by atoms with Crippen LogP contribution < -0.4 is 10.1 Å². The zero-order valence-corrected chi connectivity index (χ0v) is 15.1. The van der Waals surface area contributed by atoms with Crippen LogP contribution in [0.15, 0.2) is 18.2 Å². The average Bonchev–Trinajstić information content (AvgIpc) is 2.64. The Bertz CT molecular complexity index is 587. The fraction of sp³-hybridized carbons (Fsp3) is 0.650. The first kappa shape index (κ1) is 18.2. The minimum absolute atomic E-state index is 0.164. The molecule has 3 rings (SSSR count). The Morgan fingerprint density at radius 1 is 1.20 bits per heavy atom. The van der Waals surface area contributed by atoms with Crippen LogP contribution in [0.2, 0.25) is 0 Å². The molecule has 2 aliphatic rings. The van der Waals surface area contributed by atoms with Crippen molar-refractivity contribution in [2.75, 3.05) is 26.7 Å². The van der Waals surface area contributed by atoms with Crippen LogP contribution in [0.1, 0.15) is 55.3 Å². The van der Waals surface area contributed by atoms with Gasteiger partial charge in [-0.3, -0.25) is 4.79 Å². The molecule has 2 fully saturated rings. The molecule has 1 heterocycles. The van der Waals surface area contributed by atoms with Crippen molar-refractivity contribution >= 4 is 5.91 Å². The standard InChI is InChI=1S/C20H29FN2O2/c1-25-19-10-9-15(13-17(19)21)20(24)22-18-8-4-3-7-16(18)14-23-11-5-2-6-12-23/h9-10,13,16,18H,2-8,11-12,14H2,1H3,(H,22,24)/t16-,18+/m0/s1. The molecule has 0 aromatic heterocycles. The van der Waals surface area contributed by atoms with Gasteiger partial charge in [-0.05, 0) is 62.9 Å². The summed E-state index contributed by atoms with van der Waals surface area (Å²) in [6.45, 7) is 3.43. The van der Waals surface area contributed by atoms with E-state index in [1.54, 1.807) is 6.07 Å². The molecule has 0 unspecified atom stereocenters. The first-order valence-electron chi connectivity index (χ1n) is 9.54. The molecule has 1 aromatic carbocycles. The van der Waals surface area contributed by atoms with Crippen LogP contribution >= 0.6 is 0 Å². The summed E-state index contributed by atoms with van der Waals surface area (Å²) >= 11 is 0. The molecule has 1 saturated carbocycles.